The predicted octanol–water partition coefficient (Wildman–Crippen LogP) is 1.69. The maximum atomic E-state index is 10.7. The van der Waals surface area contributed by atoms with Crippen molar-refractivity contribution in [3.05, 3.63) is 45.9 Å². The first kappa shape index (κ1) is 13.0. The summed E-state index contributed by atoms with van der Waals surface area (Å²) in [5.41, 5.74) is 1.44. The Labute approximate surface area is 110 Å². The third kappa shape index (κ3) is 3.27. The standard InChI is InChI=1S/C12H15N5O2/c1-9-11(17(18)19)3-4-12(14-9)13-7-5-10-6-8-16(2)15-10/h3-4,6,8H,5,7H2,1-2H3,(H,13,14). The molecule has 100 valence electrons. The van der Waals surface area contributed by atoms with Crippen LogP contribution in [-0.2, 0) is 13.5 Å². The molecule has 0 aliphatic carbocycles. The summed E-state index contributed by atoms with van der Waals surface area (Å²) < 4.78 is 1.75. The molecule has 7 nitrogen and oxygen atoms in total. The Morgan fingerprint density at radius 3 is 2.79 bits per heavy atom. The SMILES string of the molecule is Cc1nc(NCCc2ccn(C)n2)ccc1[N+](=O)[O-]. The van der Waals surface area contributed by atoms with E-state index in [0.717, 1.165) is 12.1 Å². The second-order valence-electron chi connectivity index (χ2n) is 4.22. The zero-order chi connectivity index (χ0) is 13.8. The lowest BCUT2D eigenvalue weighted by Crippen LogP contribution is -2.08. The van der Waals surface area contributed by atoms with Crippen LogP contribution in [-0.4, -0.2) is 26.2 Å². The summed E-state index contributed by atoms with van der Waals surface area (Å²) in [6, 6.07) is 5.03. The molecule has 0 saturated carbocycles. The number of nitro groups is 1. The van der Waals surface area contributed by atoms with Gasteiger partial charge in [0.15, 0.2) is 0 Å². The van der Waals surface area contributed by atoms with E-state index in [0.29, 0.717) is 18.1 Å². The lowest BCUT2D eigenvalue weighted by molar-refractivity contribution is -0.385. The van der Waals surface area contributed by atoms with Gasteiger partial charge in [0.2, 0.25) is 0 Å². The molecule has 0 bridgehead atoms. The molecule has 0 saturated heterocycles. The monoisotopic (exact) mass is 261 g/mol. The summed E-state index contributed by atoms with van der Waals surface area (Å²) in [6.07, 6.45) is 2.67. The van der Waals surface area contributed by atoms with E-state index in [1.54, 1.807) is 17.7 Å². The largest absolute Gasteiger partial charge is 0.370 e. The highest BCUT2D eigenvalue weighted by Crippen LogP contribution is 2.17. The summed E-state index contributed by atoms with van der Waals surface area (Å²) in [6.45, 7) is 2.31. The number of hydrogen-bond donors (Lipinski definition) is 1. The normalized spacial score (nSPS) is 10.4. The fourth-order valence-corrected chi connectivity index (χ4v) is 1.76. The van der Waals surface area contributed by atoms with Gasteiger partial charge in [-0.1, -0.05) is 0 Å². The average molecular weight is 261 g/mol. The first-order chi connectivity index (χ1) is 9.06. The number of nitrogens with zero attached hydrogens (tertiary/aromatic N) is 4. The molecule has 2 aromatic rings. The fraction of sp³-hybridized carbons (Fsp3) is 0.333. The second kappa shape index (κ2) is 5.47. The molecule has 2 rings (SSSR count). The van der Waals surface area contributed by atoms with Crippen LogP contribution in [0.1, 0.15) is 11.4 Å². The van der Waals surface area contributed by atoms with Crippen LogP contribution in [0.3, 0.4) is 0 Å². The lowest BCUT2D eigenvalue weighted by Gasteiger charge is -2.05. The van der Waals surface area contributed by atoms with Crippen molar-refractivity contribution in [3.63, 3.8) is 0 Å². The van der Waals surface area contributed by atoms with Gasteiger partial charge < -0.3 is 5.32 Å². The highest BCUT2D eigenvalue weighted by atomic mass is 16.6. The fourth-order valence-electron chi connectivity index (χ4n) is 1.76. The molecular formula is C12H15N5O2. The number of nitrogens with one attached hydrogen (secondary N) is 1. The van der Waals surface area contributed by atoms with E-state index in [4.69, 9.17) is 0 Å². The van der Waals surface area contributed by atoms with Crippen LogP contribution in [0.4, 0.5) is 11.5 Å². The third-order valence-corrected chi connectivity index (χ3v) is 2.71. The van der Waals surface area contributed by atoms with Crippen molar-refractivity contribution < 1.29 is 4.92 Å². The van der Waals surface area contributed by atoms with Crippen LogP contribution in [0.5, 0.6) is 0 Å². The molecule has 0 spiro atoms. The van der Waals surface area contributed by atoms with E-state index < -0.39 is 4.92 Å². The number of aryl methyl sites for hydroxylation is 2. The molecule has 2 heterocycles. The van der Waals surface area contributed by atoms with E-state index in [1.807, 2.05) is 19.3 Å². The van der Waals surface area contributed by atoms with Gasteiger partial charge in [0, 0.05) is 32.3 Å². The third-order valence-electron chi connectivity index (χ3n) is 2.71. The van der Waals surface area contributed by atoms with Gasteiger partial charge in [0.25, 0.3) is 5.69 Å². The number of pyridine rings is 1. The molecule has 1 N–H and O–H groups in total. The Balaban J connectivity index is 1.93. The maximum absolute atomic E-state index is 10.7. The highest BCUT2D eigenvalue weighted by Gasteiger charge is 2.11. The first-order valence-electron chi connectivity index (χ1n) is 5.90. The molecule has 0 aliphatic rings. The van der Waals surface area contributed by atoms with Gasteiger partial charge in [-0.3, -0.25) is 14.8 Å². The van der Waals surface area contributed by atoms with Gasteiger partial charge in [-0.25, -0.2) is 4.98 Å². The Bertz CT molecular complexity index is 594. The minimum absolute atomic E-state index is 0.0373. The summed E-state index contributed by atoms with van der Waals surface area (Å²) in [4.78, 5) is 14.4. The van der Waals surface area contributed by atoms with Crippen molar-refractivity contribution in [3.8, 4) is 0 Å². The zero-order valence-electron chi connectivity index (χ0n) is 10.8. The molecule has 0 fully saturated rings. The highest BCUT2D eigenvalue weighted by molar-refractivity contribution is 5.44. The molecular weight excluding hydrogens is 246 g/mol. The molecule has 0 aliphatic heterocycles. The van der Waals surface area contributed by atoms with Crippen LogP contribution >= 0.6 is 0 Å². The van der Waals surface area contributed by atoms with Gasteiger partial charge in [0.05, 0.1) is 10.6 Å². The molecule has 0 atom stereocenters. The lowest BCUT2D eigenvalue weighted by atomic mass is 10.3. The number of hydrogen-bond acceptors (Lipinski definition) is 5. The van der Waals surface area contributed by atoms with Crippen LogP contribution in [0, 0.1) is 17.0 Å². The molecule has 7 heteroatoms. The molecule has 0 aromatic carbocycles. The van der Waals surface area contributed by atoms with E-state index in [1.165, 1.54) is 6.07 Å². The number of aromatic nitrogens is 3. The van der Waals surface area contributed by atoms with Gasteiger partial charge in [-0.05, 0) is 19.1 Å². The van der Waals surface area contributed by atoms with Gasteiger partial charge in [-0.2, -0.15) is 5.10 Å². The second-order valence-corrected chi connectivity index (χ2v) is 4.22. The Hall–Kier alpha value is -2.44. The summed E-state index contributed by atoms with van der Waals surface area (Å²) in [5, 5.41) is 18.1. The first-order valence-corrected chi connectivity index (χ1v) is 5.90. The molecule has 0 amide bonds. The predicted molar refractivity (Wildman–Crippen MR) is 71.0 cm³/mol. The van der Waals surface area contributed by atoms with Crippen LogP contribution in [0.15, 0.2) is 24.4 Å². The van der Waals surface area contributed by atoms with Crippen molar-refractivity contribution in [1.29, 1.82) is 0 Å². The van der Waals surface area contributed by atoms with Crippen molar-refractivity contribution in [2.75, 3.05) is 11.9 Å². The Morgan fingerprint density at radius 2 is 2.21 bits per heavy atom. The van der Waals surface area contributed by atoms with E-state index in [9.17, 15) is 10.1 Å². The van der Waals surface area contributed by atoms with Gasteiger partial charge >= 0.3 is 0 Å². The Morgan fingerprint density at radius 1 is 1.42 bits per heavy atom. The maximum Gasteiger partial charge on any atom is 0.290 e. The summed E-state index contributed by atoms with van der Waals surface area (Å²) >= 11 is 0. The number of anilines is 1. The van der Waals surface area contributed by atoms with Crippen LogP contribution < -0.4 is 5.32 Å². The van der Waals surface area contributed by atoms with Crippen molar-refractivity contribution in [1.82, 2.24) is 14.8 Å². The molecule has 0 unspecified atom stereocenters. The molecule has 2 aromatic heterocycles. The molecule has 0 radical (unpaired) electrons. The average Bonchev–Trinajstić information content (AvgIpc) is 2.75. The minimum Gasteiger partial charge on any atom is -0.370 e. The van der Waals surface area contributed by atoms with Crippen LogP contribution in [0.25, 0.3) is 0 Å². The molecule has 19 heavy (non-hydrogen) atoms. The van der Waals surface area contributed by atoms with Crippen LogP contribution in [0.2, 0.25) is 0 Å². The van der Waals surface area contributed by atoms with E-state index in [-0.39, 0.29) is 5.69 Å². The zero-order valence-corrected chi connectivity index (χ0v) is 10.8. The summed E-state index contributed by atoms with van der Waals surface area (Å²) in [5.74, 6) is 0.638. The summed E-state index contributed by atoms with van der Waals surface area (Å²) in [7, 11) is 1.87. The number of rotatable bonds is 5. The topological polar surface area (TPSA) is 85.9 Å². The van der Waals surface area contributed by atoms with Crippen molar-refractivity contribution >= 4 is 11.5 Å². The van der Waals surface area contributed by atoms with E-state index >= 15 is 0 Å². The smallest absolute Gasteiger partial charge is 0.290 e. The van der Waals surface area contributed by atoms with Crippen molar-refractivity contribution in [2.24, 2.45) is 7.05 Å². The quantitative estimate of drug-likeness (QED) is 0.653. The van der Waals surface area contributed by atoms with Crippen molar-refractivity contribution in [2.45, 2.75) is 13.3 Å². The minimum atomic E-state index is -0.431. The van der Waals surface area contributed by atoms with Gasteiger partial charge in [0.1, 0.15) is 11.5 Å². The van der Waals surface area contributed by atoms with Gasteiger partial charge in [-0.15, -0.1) is 0 Å². The van der Waals surface area contributed by atoms with E-state index in [2.05, 4.69) is 15.4 Å². The Kier molecular flexibility index (Phi) is 3.74.